The molecule has 2 rings (SSSR count). The Hall–Kier alpha value is -1.13. The fourth-order valence-electron chi connectivity index (χ4n) is 1.66. The maximum atomic E-state index is 5.58. The first-order valence-corrected chi connectivity index (χ1v) is 6.26. The van der Waals surface area contributed by atoms with Gasteiger partial charge in [0.2, 0.25) is 0 Å². The molecule has 0 aliphatic heterocycles. The van der Waals surface area contributed by atoms with Crippen molar-refractivity contribution in [1.29, 1.82) is 0 Å². The third-order valence-corrected chi connectivity index (χ3v) is 3.47. The molecule has 0 aromatic carbocycles. The van der Waals surface area contributed by atoms with Crippen LogP contribution in [0, 0.1) is 6.92 Å². The van der Waals surface area contributed by atoms with Crippen molar-refractivity contribution in [1.82, 2.24) is 10.3 Å². The van der Waals surface area contributed by atoms with Crippen molar-refractivity contribution in [3.63, 3.8) is 0 Å². The van der Waals surface area contributed by atoms with Crippen LogP contribution in [0.4, 0.5) is 0 Å². The first kappa shape index (κ1) is 11.4. The SMILES string of the molecule is Cc1ccc(C(C)NC(C)c2nccs2)o1. The summed E-state index contributed by atoms with van der Waals surface area (Å²) in [4.78, 5) is 4.29. The van der Waals surface area contributed by atoms with Crippen molar-refractivity contribution in [3.8, 4) is 0 Å². The van der Waals surface area contributed by atoms with E-state index in [-0.39, 0.29) is 12.1 Å². The molecular formula is C12H16N2OS. The molecule has 0 bridgehead atoms. The molecule has 2 aromatic rings. The fraction of sp³-hybridized carbons (Fsp3) is 0.417. The highest BCUT2D eigenvalue weighted by atomic mass is 32.1. The Morgan fingerprint density at radius 2 is 2.12 bits per heavy atom. The van der Waals surface area contributed by atoms with Crippen molar-refractivity contribution in [2.24, 2.45) is 0 Å². The second kappa shape index (κ2) is 4.80. The largest absolute Gasteiger partial charge is 0.465 e. The standard InChI is InChI=1S/C12H16N2OS/c1-8-4-5-11(15-8)9(2)14-10(3)12-13-6-7-16-12/h4-7,9-10,14H,1-3H3. The third-order valence-electron chi connectivity index (χ3n) is 2.51. The maximum absolute atomic E-state index is 5.58. The fourth-order valence-corrected chi connectivity index (χ4v) is 2.32. The van der Waals surface area contributed by atoms with Crippen molar-refractivity contribution < 1.29 is 4.42 Å². The number of thiazole rings is 1. The minimum Gasteiger partial charge on any atom is -0.465 e. The molecule has 2 aromatic heterocycles. The topological polar surface area (TPSA) is 38.1 Å². The van der Waals surface area contributed by atoms with Gasteiger partial charge >= 0.3 is 0 Å². The van der Waals surface area contributed by atoms with Crippen LogP contribution in [0.3, 0.4) is 0 Å². The Morgan fingerprint density at radius 3 is 2.69 bits per heavy atom. The predicted molar refractivity (Wildman–Crippen MR) is 65.5 cm³/mol. The molecule has 0 radical (unpaired) electrons. The lowest BCUT2D eigenvalue weighted by Gasteiger charge is -2.16. The van der Waals surface area contributed by atoms with Gasteiger partial charge in [-0.2, -0.15) is 0 Å². The zero-order valence-electron chi connectivity index (χ0n) is 9.73. The monoisotopic (exact) mass is 236 g/mol. The summed E-state index contributed by atoms with van der Waals surface area (Å²) in [6, 6.07) is 4.45. The van der Waals surface area contributed by atoms with E-state index in [4.69, 9.17) is 4.42 Å². The van der Waals surface area contributed by atoms with Gasteiger partial charge in [0.15, 0.2) is 0 Å². The van der Waals surface area contributed by atoms with Crippen LogP contribution in [0.15, 0.2) is 28.1 Å². The van der Waals surface area contributed by atoms with E-state index in [1.54, 1.807) is 11.3 Å². The van der Waals surface area contributed by atoms with Crippen LogP contribution in [0.2, 0.25) is 0 Å². The van der Waals surface area contributed by atoms with Crippen LogP contribution < -0.4 is 5.32 Å². The van der Waals surface area contributed by atoms with E-state index in [0.29, 0.717) is 0 Å². The van der Waals surface area contributed by atoms with Gasteiger partial charge in [0.05, 0.1) is 12.1 Å². The van der Waals surface area contributed by atoms with Gasteiger partial charge in [-0.25, -0.2) is 4.98 Å². The van der Waals surface area contributed by atoms with E-state index in [0.717, 1.165) is 16.5 Å². The lowest BCUT2D eigenvalue weighted by Crippen LogP contribution is -2.21. The number of aryl methyl sites for hydroxylation is 1. The van der Waals surface area contributed by atoms with Gasteiger partial charge in [0, 0.05) is 11.6 Å². The third kappa shape index (κ3) is 2.51. The van der Waals surface area contributed by atoms with Crippen LogP contribution in [-0.2, 0) is 0 Å². The number of nitrogens with zero attached hydrogens (tertiary/aromatic N) is 1. The second-order valence-corrected chi connectivity index (χ2v) is 4.85. The van der Waals surface area contributed by atoms with Crippen molar-refractivity contribution in [2.75, 3.05) is 0 Å². The van der Waals surface area contributed by atoms with Gasteiger partial charge in [0.25, 0.3) is 0 Å². The van der Waals surface area contributed by atoms with E-state index in [1.807, 2.05) is 30.6 Å². The molecule has 2 atom stereocenters. The van der Waals surface area contributed by atoms with Crippen LogP contribution in [0.25, 0.3) is 0 Å². The summed E-state index contributed by atoms with van der Waals surface area (Å²) in [5.41, 5.74) is 0. The van der Waals surface area contributed by atoms with E-state index >= 15 is 0 Å². The molecule has 0 saturated carbocycles. The maximum Gasteiger partial charge on any atom is 0.120 e. The summed E-state index contributed by atoms with van der Waals surface area (Å²) in [6.07, 6.45) is 1.83. The molecule has 0 spiro atoms. The number of furan rings is 1. The molecule has 2 unspecified atom stereocenters. The summed E-state index contributed by atoms with van der Waals surface area (Å²) in [6.45, 7) is 6.17. The number of nitrogens with one attached hydrogen (secondary N) is 1. The predicted octanol–water partition coefficient (Wildman–Crippen LogP) is 3.46. The lowest BCUT2D eigenvalue weighted by atomic mass is 10.2. The Kier molecular flexibility index (Phi) is 3.41. The Bertz CT molecular complexity index is 436. The quantitative estimate of drug-likeness (QED) is 0.883. The molecule has 86 valence electrons. The molecule has 2 heterocycles. The zero-order valence-corrected chi connectivity index (χ0v) is 10.5. The molecule has 1 N–H and O–H groups in total. The molecule has 0 saturated heterocycles. The van der Waals surface area contributed by atoms with Crippen molar-refractivity contribution in [3.05, 3.63) is 40.2 Å². The normalized spacial score (nSPS) is 14.9. The summed E-state index contributed by atoms with van der Waals surface area (Å²) in [5.74, 6) is 1.92. The number of aromatic nitrogens is 1. The molecule has 0 amide bonds. The van der Waals surface area contributed by atoms with E-state index in [1.165, 1.54) is 0 Å². The number of hydrogen-bond donors (Lipinski definition) is 1. The highest BCUT2D eigenvalue weighted by Gasteiger charge is 2.14. The minimum absolute atomic E-state index is 0.201. The molecule has 0 aliphatic carbocycles. The van der Waals surface area contributed by atoms with Crippen LogP contribution in [-0.4, -0.2) is 4.98 Å². The highest BCUT2D eigenvalue weighted by molar-refractivity contribution is 7.09. The molecule has 0 fully saturated rings. The molecule has 0 aliphatic rings. The van der Waals surface area contributed by atoms with E-state index in [9.17, 15) is 0 Å². The van der Waals surface area contributed by atoms with Gasteiger partial charge in [-0.05, 0) is 32.9 Å². The van der Waals surface area contributed by atoms with Gasteiger partial charge < -0.3 is 4.42 Å². The van der Waals surface area contributed by atoms with Crippen molar-refractivity contribution in [2.45, 2.75) is 32.9 Å². The lowest BCUT2D eigenvalue weighted by molar-refractivity contribution is 0.392. The average molecular weight is 236 g/mol. The average Bonchev–Trinajstić information content (AvgIpc) is 2.87. The first-order chi connectivity index (χ1) is 7.66. The number of hydrogen-bond acceptors (Lipinski definition) is 4. The first-order valence-electron chi connectivity index (χ1n) is 5.38. The van der Waals surface area contributed by atoms with Gasteiger partial charge in [-0.1, -0.05) is 0 Å². The Morgan fingerprint density at radius 1 is 1.31 bits per heavy atom. The minimum atomic E-state index is 0.201. The van der Waals surface area contributed by atoms with Crippen molar-refractivity contribution >= 4 is 11.3 Å². The molecule has 16 heavy (non-hydrogen) atoms. The summed E-state index contributed by atoms with van der Waals surface area (Å²) < 4.78 is 5.58. The zero-order chi connectivity index (χ0) is 11.5. The molecule has 3 nitrogen and oxygen atoms in total. The van der Waals surface area contributed by atoms with Gasteiger partial charge in [0.1, 0.15) is 16.5 Å². The summed E-state index contributed by atoms with van der Waals surface area (Å²) >= 11 is 1.67. The van der Waals surface area contributed by atoms with Gasteiger partial charge in [-0.15, -0.1) is 11.3 Å². The van der Waals surface area contributed by atoms with E-state index in [2.05, 4.69) is 24.1 Å². The Balaban J connectivity index is 2.00. The van der Waals surface area contributed by atoms with Crippen LogP contribution in [0.5, 0.6) is 0 Å². The summed E-state index contributed by atoms with van der Waals surface area (Å²) in [7, 11) is 0. The van der Waals surface area contributed by atoms with Gasteiger partial charge in [-0.3, -0.25) is 5.32 Å². The van der Waals surface area contributed by atoms with Crippen LogP contribution >= 0.6 is 11.3 Å². The molecule has 4 heteroatoms. The van der Waals surface area contributed by atoms with E-state index < -0.39 is 0 Å². The van der Waals surface area contributed by atoms with Crippen LogP contribution in [0.1, 0.15) is 42.5 Å². The molecular weight excluding hydrogens is 220 g/mol. The number of rotatable bonds is 4. The smallest absolute Gasteiger partial charge is 0.120 e. The second-order valence-electron chi connectivity index (χ2n) is 3.93. The highest BCUT2D eigenvalue weighted by Crippen LogP contribution is 2.21. The Labute approximate surface area is 99.5 Å². The summed E-state index contributed by atoms with van der Waals surface area (Å²) in [5, 5.41) is 6.57.